The average molecular weight is 413 g/mol. The highest BCUT2D eigenvalue weighted by atomic mass is 35.5. The number of sulfonamides is 1. The van der Waals surface area contributed by atoms with Gasteiger partial charge in [-0.25, -0.2) is 8.42 Å². The number of carbonyl (C=O) groups is 1. The fourth-order valence-electron chi connectivity index (χ4n) is 2.25. The number of benzene rings is 2. The lowest BCUT2D eigenvalue weighted by Crippen LogP contribution is -2.37. The molecule has 0 bridgehead atoms. The third-order valence-electron chi connectivity index (χ3n) is 3.35. The Morgan fingerprint density at radius 2 is 1.89 bits per heavy atom. The summed E-state index contributed by atoms with van der Waals surface area (Å²) in [5, 5.41) is 11.2. The highest BCUT2D eigenvalue weighted by Crippen LogP contribution is 2.27. The number of rotatable bonds is 7. The summed E-state index contributed by atoms with van der Waals surface area (Å²) in [6, 6.07) is 10.5. The van der Waals surface area contributed by atoms with Crippen LogP contribution in [-0.2, 0) is 19.6 Å². The van der Waals surface area contributed by atoms with Gasteiger partial charge < -0.3 is 4.74 Å². The average Bonchev–Trinajstić information content (AvgIpc) is 2.59. The molecule has 0 saturated carbocycles. The Bertz CT molecular complexity index is 961. The molecule has 2 aromatic rings. The zero-order chi connectivity index (χ0) is 20.2. The molecule has 0 spiro atoms. The minimum Gasteiger partial charge on any atom is -0.462 e. The van der Waals surface area contributed by atoms with Crippen molar-refractivity contribution in [2.75, 3.05) is 10.8 Å². The van der Waals surface area contributed by atoms with E-state index in [0.29, 0.717) is 0 Å². The molecule has 0 aliphatic carbocycles. The second-order valence-corrected chi connectivity index (χ2v) is 8.08. The van der Waals surface area contributed by atoms with Crippen LogP contribution in [0.2, 0.25) is 5.02 Å². The number of nitro benzene ring substituents is 1. The Labute approximate surface area is 161 Å². The van der Waals surface area contributed by atoms with Crippen LogP contribution in [0.1, 0.15) is 13.8 Å². The van der Waals surface area contributed by atoms with Gasteiger partial charge in [0.2, 0.25) is 0 Å². The summed E-state index contributed by atoms with van der Waals surface area (Å²) in [5.41, 5.74) is -0.249. The summed E-state index contributed by atoms with van der Waals surface area (Å²) in [7, 11) is -4.29. The summed E-state index contributed by atoms with van der Waals surface area (Å²) >= 11 is 5.95. The van der Waals surface area contributed by atoms with E-state index in [0.717, 1.165) is 10.4 Å². The van der Waals surface area contributed by atoms with E-state index < -0.39 is 33.6 Å². The van der Waals surface area contributed by atoms with Crippen molar-refractivity contribution in [2.24, 2.45) is 0 Å². The van der Waals surface area contributed by atoms with Crippen LogP contribution < -0.4 is 4.31 Å². The number of nitrogens with zero attached hydrogens (tertiary/aromatic N) is 2. The van der Waals surface area contributed by atoms with Gasteiger partial charge in [-0.15, -0.1) is 0 Å². The van der Waals surface area contributed by atoms with Crippen molar-refractivity contribution in [1.29, 1.82) is 0 Å². The number of non-ortho nitro benzene ring substituents is 1. The SMILES string of the molecule is CC(C)OC(=O)CN(c1cccc(Cl)c1)S(=O)(=O)c1cccc([N+](=O)[O-])c1. The molecule has 0 saturated heterocycles. The summed E-state index contributed by atoms with van der Waals surface area (Å²) in [4.78, 5) is 22.1. The zero-order valence-electron chi connectivity index (χ0n) is 14.5. The van der Waals surface area contributed by atoms with Gasteiger partial charge in [-0.1, -0.05) is 23.7 Å². The molecule has 27 heavy (non-hydrogen) atoms. The monoisotopic (exact) mass is 412 g/mol. The third-order valence-corrected chi connectivity index (χ3v) is 5.36. The molecule has 2 aromatic carbocycles. The molecule has 0 heterocycles. The highest BCUT2D eigenvalue weighted by Gasteiger charge is 2.29. The summed E-state index contributed by atoms with van der Waals surface area (Å²) in [6.07, 6.45) is -0.431. The number of nitro groups is 1. The Morgan fingerprint density at radius 1 is 1.22 bits per heavy atom. The first kappa shape index (κ1) is 20.7. The highest BCUT2D eigenvalue weighted by molar-refractivity contribution is 7.92. The van der Waals surface area contributed by atoms with Gasteiger partial charge >= 0.3 is 5.97 Å². The third kappa shape index (κ3) is 5.18. The van der Waals surface area contributed by atoms with Crippen molar-refractivity contribution in [3.05, 3.63) is 63.7 Å². The molecule has 0 aliphatic heterocycles. The van der Waals surface area contributed by atoms with Crippen LogP contribution >= 0.6 is 11.6 Å². The fourth-order valence-corrected chi connectivity index (χ4v) is 3.87. The maximum atomic E-state index is 13.1. The van der Waals surface area contributed by atoms with E-state index in [1.165, 1.54) is 36.4 Å². The van der Waals surface area contributed by atoms with Gasteiger partial charge in [0.25, 0.3) is 15.7 Å². The summed E-state index contributed by atoms with van der Waals surface area (Å²) < 4.78 is 32.0. The van der Waals surface area contributed by atoms with Crippen LogP contribution in [0.15, 0.2) is 53.4 Å². The number of esters is 1. The lowest BCUT2D eigenvalue weighted by molar-refractivity contribution is -0.385. The lowest BCUT2D eigenvalue weighted by atomic mass is 10.3. The largest absolute Gasteiger partial charge is 0.462 e. The van der Waals surface area contributed by atoms with Gasteiger partial charge in [0.15, 0.2) is 0 Å². The van der Waals surface area contributed by atoms with Crippen molar-refractivity contribution in [3.8, 4) is 0 Å². The molecule has 0 amide bonds. The molecule has 0 atom stereocenters. The van der Waals surface area contributed by atoms with E-state index in [4.69, 9.17) is 16.3 Å². The minimum atomic E-state index is -4.29. The van der Waals surface area contributed by atoms with Crippen molar-refractivity contribution in [2.45, 2.75) is 24.8 Å². The predicted octanol–water partition coefficient (Wildman–Crippen LogP) is 3.40. The zero-order valence-corrected chi connectivity index (χ0v) is 16.1. The molecular weight excluding hydrogens is 396 g/mol. The second kappa shape index (κ2) is 8.36. The Morgan fingerprint density at radius 3 is 2.48 bits per heavy atom. The Hall–Kier alpha value is -2.65. The molecule has 0 radical (unpaired) electrons. The van der Waals surface area contributed by atoms with Gasteiger partial charge in [0.05, 0.1) is 21.6 Å². The molecule has 0 fully saturated rings. The molecule has 10 heteroatoms. The molecule has 2 rings (SSSR count). The lowest BCUT2D eigenvalue weighted by Gasteiger charge is -2.24. The van der Waals surface area contributed by atoms with Gasteiger partial charge in [-0.05, 0) is 38.1 Å². The van der Waals surface area contributed by atoms with E-state index in [-0.39, 0.29) is 21.3 Å². The van der Waals surface area contributed by atoms with Crippen molar-refractivity contribution >= 4 is 39.0 Å². The topological polar surface area (TPSA) is 107 Å². The van der Waals surface area contributed by atoms with Crippen LogP contribution in [0.5, 0.6) is 0 Å². The van der Waals surface area contributed by atoms with Gasteiger partial charge in [-0.3, -0.25) is 19.2 Å². The smallest absolute Gasteiger partial charge is 0.327 e. The van der Waals surface area contributed by atoms with E-state index in [9.17, 15) is 23.3 Å². The van der Waals surface area contributed by atoms with Crippen molar-refractivity contribution in [3.63, 3.8) is 0 Å². The summed E-state index contributed by atoms with van der Waals surface area (Å²) in [6.45, 7) is 2.66. The Kier molecular flexibility index (Phi) is 6.40. The quantitative estimate of drug-likeness (QED) is 0.392. The number of hydrogen-bond donors (Lipinski definition) is 0. The second-order valence-electron chi connectivity index (χ2n) is 5.78. The first-order chi connectivity index (χ1) is 12.6. The molecular formula is C17H17ClN2O6S. The van der Waals surface area contributed by atoms with Crippen LogP contribution in [-0.4, -0.2) is 32.0 Å². The van der Waals surface area contributed by atoms with Gasteiger partial charge in [0, 0.05) is 17.2 Å². The summed E-state index contributed by atoms with van der Waals surface area (Å²) in [5.74, 6) is -0.765. The van der Waals surface area contributed by atoms with E-state index in [1.807, 2.05) is 0 Å². The standard InChI is InChI=1S/C17H17ClN2O6S/c1-12(2)26-17(21)11-19(14-6-3-5-13(18)9-14)27(24,25)16-8-4-7-15(10-16)20(22)23/h3-10,12H,11H2,1-2H3. The number of hydrogen-bond acceptors (Lipinski definition) is 6. The predicted molar refractivity (Wildman–Crippen MR) is 100 cm³/mol. The molecule has 0 unspecified atom stereocenters. The van der Waals surface area contributed by atoms with Crippen molar-refractivity contribution in [1.82, 2.24) is 0 Å². The molecule has 0 N–H and O–H groups in total. The van der Waals surface area contributed by atoms with Gasteiger partial charge in [-0.2, -0.15) is 0 Å². The normalized spacial score (nSPS) is 11.3. The van der Waals surface area contributed by atoms with Crippen LogP contribution in [0.25, 0.3) is 0 Å². The van der Waals surface area contributed by atoms with Crippen molar-refractivity contribution < 1.29 is 22.9 Å². The molecule has 8 nitrogen and oxygen atoms in total. The number of anilines is 1. The van der Waals surface area contributed by atoms with E-state index >= 15 is 0 Å². The maximum Gasteiger partial charge on any atom is 0.327 e. The molecule has 144 valence electrons. The number of carbonyl (C=O) groups excluding carboxylic acids is 1. The molecule has 0 aliphatic rings. The Balaban J connectivity index is 2.52. The fraction of sp³-hybridized carbons (Fsp3) is 0.235. The maximum absolute atomic E-state index is 13.1. The van der Waals surface area contributed by atoms with E-state index in [1.54, 1.807) is 19.9 Å². The van der Waals surface area contributed by atoms with E-state index in [2.05, 4.69) is 0 Å². The van der Waals surface area contributed by atoms with Gasteiger partial charge in [0.1, 0.15) is 6.54 Å². The van der Waals surface area contributed by atoms with Crippen LogP contribution in [0.3, 0.4) is 0 Å². The number of ether oxygens (including phenoxy) is 1. The number of halogens is 1. The minimum absolute atomic E-state index is 0.134. The first-order valence-electron chi connectivity index (χ1n) is 7.83. The van der Waals surface area contributed by atoms with Crippen LogP contribution in [0, 0.1) is 10.1 Å². The first-order valence-corrected chi connectivity index (χ1v) is 9.65. The molecule has 0 aromatic heterocycles. The van der Waals surface area contributed by atoms with Crippen LogP contribution in [0.4, 0.5) is 11.4 Å².